The van der Waals surface area contributed by atoms with Crippen LogP contribution in [0.3, 0.4) is 0 Å². The summed E-state index contributed by atoms with van der Waals surface area (Å²) in [4.78, 5) is 1.14. The molecule has 1 heterocycles. The summed E-state index contributed by atoms with van der Waals surface area (Å²) in [6.07, 6.45) is 0. The summed E-state index contributed by atoms with van der Waals surface area (Å²) >= 11 is 5.32. The van der Waals surface area contributed by atoms with Gasteiger partial charge in [0.25, 0.3) is 0 Å². The molecule has 0 atom stereocenters. The summed E-state index contributed by atoms with van der Waals surface area (Å²) in [6.45, 7) is 1.21. The SMILES string of the molecule is COc1cc(Br)c(CSc2ccc3c(c2)OCCO3)cc1OC. The normalized spacial score (nSPS) is 12.8. The first kappa shape index (κ1) is 16.3. The van der Waals surface area contributed by atoms with E-state index in [1.165, 1.54) is 0 Å². The summed E-state index contributed by atoms with van der Waals surface area (Å²) in [5, 5.41) is 0. The van der Waals surface area contributed by atoms with Crippen LogP contribution in [0.4, 0.5) is 0 Å². The molecule has 0 saturated carbocycles. The molecule has 0 fully saturated rings. The van der Waals surface area contributed by atoms with Gasteiger partial charge < -0.3 is 18.9 Å². The highest BCUT2D eigenvalue weighted by molar-refractivity contribution is 9.10. The van der Waals surface area contributed by atoms with Crippen LogP contribution in [0.5, 0.6) is 23.0 Å². The lowest BCUT2D eigenvalue weighted by Gasteiger charge is -2.18. The van der Waals surface area contributed by atoms with Gasteiger partial charge in [-0.25, -0.2) is 0 Å². The highest BCUT2D eigenvalue weighted by Crippen LogP contribution is 2.38. The van der Waals surface area contributed by atoms with Crippen molar-refractivity contribution in [2.24, 2.45) is 0 Å². The first-order valence-electron chi connectivity index (χ1n) is 7.14. The van der Waals surface area contributed by atoms with Crippen LogP contribution in [0, 0.1) is 0 Å². The van der Waals surface area contributed by atoms with Crippen molar-refractivity contribution in [2.75, 3.05) is 27.4 Å². The summed E-state index contributed by atoms with van der Waals surface area (Å²) < 4.78 is 22.8. The molecule has 0 aromatic heterocycles. The summed E-state index contributed by atoms with van der Waals surface area (Å²) in [6, 6.07) is 9.95. The van der Waals surface area contributed by atoms with Crippen LogP contribution in [0.25, 0.3) is 0 Å². The smallest absolute Gasteiger partial charge is 0.162 e. The van der Waals surface area contributed by atoms with E-state index in [1.54, 1.807) is 26.0 Å². The number of fused-ring (bicyclic) bond motifs is 1. The molecule has 23 heavy (non-hydrogen) atoms. The summed E-state index contributed by atoms with van der Waals surface area (Å²) in [7, 11) is 3.28. The molecule has 4 nitrogen and oxygen atoms in total. The largest absolute Gasteiger partial charge is 0.493 e. The molecule has 0 amide bonds. The minimum atomic E-state index is 0.600. The summed E-state index contributed by atoms with van der Waals surface area (Å²) in [5.41, 5.74) is 1.14. The van der Waals surface area contributed by atoms with Crippen LogP contribution in [-0.4, -0.2) is 27.4 Å². The van der Waals surface area contributed by atoms with E-state index in [0.29, 0.717) is 19.0 Å². The van der Waals surface area contributed by atoms with Crippen molar-refractivity contribution >= 4 is 27.7 Å². The van der Waals surface area contributed by atoms with Crippen LogP contribution in [0.2, 0.25) is 0 Å². The maximum absolute atomic E-state index is 5.62. The molecule has 2 aromatic rings. The van der Waals surface area contributed by atoms with E-state index in [-0.39, 0.29) is 0 Å². The third-order valence-corrected chi connectivity index (χ3v) is 5.24. The lowest BCUT2D eigenvalue weighted by molar-refractivity contribution is 0.171. The molecule has 0 unspecified atom stereocenters. The minimum absolute atomic E-state index is 0.600. The predicted molar refractivity (Wildman–Crippen MR) is 94.2 cm³/mol. The molecule has 1 aliphatic rings. The Morgan fingerprint density at radius 1 is 1.00 bits per heavy atom. The molecule has 122 valence electrons. The van der Waals surface area contributed by atoms with Gasteiger partial charge >= 0.3 is 0 Å². The van der Waals surface area contributed by atoms with Gasteiger partial charge in [0.2, 0.25) is 0 Å². The second-order valence-electron chi connectivity index (χ2n) is 4.89. The van der Waals surface area contributed by atoms with E-state index >= 15 is 0 Å². The van der Waals surface area contributed by atoms with E-state index in [9.17, 15) is 0 Å². The Hall–Kier alpha value is -1.53. The van der Waals surface area contributed by atoms with Crippen LogP contribution < -0.4 is 18.9 Å². The molecular weight excluding hydrogens is 380 g/mol. The zero-order valence-corrected chi connectivity index (χ0v) is 15.3. The van der Waals surface area contributed by atoms with Gasteiger partial charge in [-0.3, -0.25) is 0 Å². The lowest BCUT2D eigenvalue weighted by Crippen LogP contribution is -2.15. The number of hydrogen-bond donors (Lipinski definition) is 0. The standard InChI is InChI=1S/C17H17BrO4S/c1-19-15-7-11(13(18)9-16(15)20-2)10-23-12-3-4-14-17(8-12)22-6-5-21-14/h3-4,7-9H,5-6,10H2,1-2H3. The fraction of sp³-hybridized carbons (Fsp3) is 0.294. The molecular formula is C17H17BrO4S. The quantitative estimate of drug-likeness (QED) is 0.693. The van der Waals surface area contributed by atoms with Crippen molar-refractivity contribution in [1.29, 1.82) is 0 Å². The van der Waals surface area contributed by atoms with Crippen LogP contribution >= 0.6 is 27.7 Å². The first-order chi connectivity index (χ1) is 11.2. The molecule has 0 radical (unpaired) electrons. The Bertz CT molecular complexity index is 705. The molecule has 0 N–H and O–H groups in total. The van der Waals surface area contributed by atoms with E-state index in [0.717, 1.165) is 37.9 Å². The number of hydrogen-bond acceptors (Lipinski definition) is 5. The second-order valence-corrected chi connectivity index (χ2v) is 6.80. The van der Waals surface area contributed by atoms with Crippen molar-refractivity contribution in [3.63, 3.8) is 0 Å². The van der Waals surface area contributed by atoms with Crippen LogP contribution in [0.15, 0.2) is 39.7 Å². The molecule has 0 saturated heterocycles. The number of benzene rings is 2. The van der Waals surface area contributed by atoms with Gasteiger partial charge in [-0.2, -0.15) is 0 Å². The second kappa shape index (κ2) is 7.36. The van der Waals surface area contributed by atoms with Gasteiger partial charge in [0.05, 0.1) is 14.2 Å². The fourth-order valence-corrected chi connectivity index (χ4v) is 3.85. The Morgan fingerprint density at radius 3 is 2.43 bits per heavy atom. The number of rotatable bonds is 5. The Morgan fingerprint density at radius 2 is 1.70 bits per heavy atom. The average Bonchev–Trinajstić information content (AvgIpc) is 2.60. The fourth-order valence-electron chi connectivity index (χ4n) is 2.28. The predicted octanol–water partition coefficient (Wildman–Crippen LogP) is 4.53. The highest BCUT2D eigenvalue weighted by Gasteiger charge is 2.13. The number of halogens is 1. The zero-order valence-electron chi connectivity index (χ0n) is 12.9. The van der Waals surface area contributed by atoms with Gasteiger partial charge in [0, 0.05) is 15.1 Å². The first-order valence-corrected chi connectivity index (χ1v) is 8.92. The summed E-state index contributed by atoms with van der Waals surface area (Å²) in [5.74, 6) is 3.88. The topological polar surface area (TPSA) is 36.9 Å². The van der Waals surface area contributed by atoms with Gasteiger partial charge in [-0.1, -0.05) is 15.9 Å². The van der Waals surface area contributed by atoms with E-state index < -0.39 is 0 Å². The van der Waals surface area contributed by atoms with Gasteiger partial charge in [0.1, 0.15) is 13.2 Å². The van der Waals surface area contributed by atoms with Crippen LogP contribution in [0.1, 0.15) is 5.56 Å². The van der Waals surface area contributed by atoms with Crippen molar-refractivity contribution in [3.05, 3.63) is 40.4 Å². The van der Waals surface area contributed by atoms with E-state index in [2.05, 4.69) is 15.9 Å². The molecule has 0 aliphatic carbocycles. The third-order valence-electron chi connectivity index (χ3n) is 3.46. The van der Waals surface area contributed by atoms with Crippen LogP contribution in [-0.2, 0) is 5.75 Å². The Kier molecular flexibility index (Phi) is 5.23. The van der Waals surface area contributed by atoms with Gasteiger partial charge in [0.15, 0.2) is 23.0 Å². The molecule has 0 spiro atoms. The van der Waals surface area contributed by atoms with E-state index in [4.69, 9.17) is 18.9 Å². The minimum Gasteiger partial charge on any atom is -0.493 e. The number of methoxy groups -OCH3 is 2. The van der Waals surface area contributed by atoms with E-state index in [1.807, 2.05) is 30.3 Å². The van der Waals surface area contributed by atoms with Crippen molar-refractivity contribution in [2.45, 2.75) is 10.6 Å². The molecule has 0 bridgehead atoms. The van der Waals surface area contributed by atoms with Crippen molar-refractivity contribution in [1.82, 2.24) is 0 Å². The maximum Gasteiger partial charge on any atom is 0.162 e. The average molecular weight is 397 g/mol. The monoisotopic (exact) mass is 396 g/mol. The Labute approximate surface area is 148 Å². The maximum atomic E-state index is 5.62. The molecule has 6 heteroatoms. The highest BCUT2D eigenvalue weighted by atomic mass is 79.9. The molecule has 1 aliphatic heterocycles. The van der Waals surface area contributed by atoms with Crippen molar-refractivity contribution in [3.8, 4) is 23.0 Å². The Balaban J connectivity index is 1.75. The van der Waals surface area contributed by atoms with Crippen molar-refractivity contribution < 1.29 is 18.9 Å². The molecule has 2 aromatic carbocycles. The van der Waals surface area contributed by atoms with Gasteiger partial charge in [-0.05, 0) is 35.9 Å². The lowest BCUT2D eigenvalue weighted by atomic mass is 10.2. The third kappa shape index (κ3) is 3.70. The van der Waals surface area contributed by atoms with Gasteiger partial charge in [-0.15, -0.1) is 11.8 Å². The molecule has 3 rings (SSSR count). The number of ether oxygens (including phenoxy) is 4. The number of thioether (sulfide) groups is 1. The zero-order chi connectivity index (χ0) is 16.2.